The molecule has 0 aliphatic carbocycles. The van der Waals surface area contributed by atoms with Crippen LogP contribution in [0.25, 0.3) is 11.5 Å². The van der Waals surface area contributed by atoms with Gasteiger partial charge in [-0.3, -0.25) is 14.6 Å². The number of nitrogens with zero attached hydrogens (tertiary/aromatic N) is 5. The van der Waals surface area contributed by atoms with Gasteiger partial charge >= 0.3 is 0 Å². The first-order valence-corrected chi connectivity index (χ1v) is 10.9. The maximum Gasteiger partial charge on any atom is 0.263 e. The summed E-state index contributed by atoms with van der Waals surface area (Å²) in [6, 6.07) is 12.5. The second-order valence-corrected chi connectivity index (χ2v) is 7.88. The van der Waals surface area contributed by atoms with Gasteiger partial charge < -0.3 is 13.9 Å². The Kier molecular flexibility index (Phi) is 5.48. The van der Waals surface area contributed by atoms with Crippen LogP contribution in [-0.4, -0.2) is 47.6 Å². The van der Waals surface area contributed by atoms with E-state index >= 15 is 0 Å². The number of methoxy groups -OCH3 is 1. The molecule has 3 heterocycles. The van der Waals surface area contributed by atoms with E-state index in [0.29, 0.717) is 35.4 Å². The summed E-state index contributed by atoms with van der Waals surface area (Å²) in [5.41, 5.74) is 1.89. The molecule has 34 heavy (non-hydrogen) atoms. The zero-order chi connectivity index (χ0) is 23.8. The van der Waals surface area contributed by atoms with Crippen LogP contribution in [0.4, 0.5) is 5.69 Å². The minimum absolute atomic E-state index is 0.187. The van der Waals surface area contributed by atoms with E-state index in [9.17, 15) is 9.59 Å². The maximum absolute atomic E-state index is 13.2. The van der Waals surface area contributed by atoms with E-state index in [2.05, 4.69) is 15.3 Å². The SMILES string of the molecule is CCOc1ccc(-c2nc(CN3N=N[C@H]4C(=O)N(c5ccc(OC)cc5)C(=O)[C@H]43)c(C)o2)cc1. The largest absolute Gasteiger partial charge is 0.497 e. The number of hydrogen-bond donors (Lipinski definition) is 0. The number of aromatic nitrogens is 1. The molecule has 1 fully saturated rings. The molecule has 1 saturated heterocycles. The van der Waals surface area contributed by atoms with Crippen molar-refractivity contribution in [3.05, 3.63) is 60.0 Å². The van der Waals surface area contributed by atoms with Crippen LogP contribution in [0.2, 0.25) is 0 Å². The van der Waals surface area contributed by atoms with Crippen LogP contribution in [0, 0.1) is 6.92 Å². The number of aryl methyl sites for hydroxylation is 1. The number of benzene rings is 2. The van der Waals surface area contributed by atoms with E-state index in [1.54, 1.807) is 38.3 Å². The highest BCUT2D eigenvalue weighted by atomic mass is 16.5. The van der Waals surface area contributed by atoms with Crippen LogP contribution in [0.3, 0.4) is 0 Å². The average Bonchev–Trinajstić information content (AvgIpc) is 3.50. The van der Waals surface area contributed by atoms with Crippen molar-refractivity contribution in [2.75, 3.05) is 18.6 Å². The molecule has 0 spiro atoms. The first kappa shape index (κ1) is 21.6. The maximum atomic E-state index is 13.2. The fourth-order valence-electron chi connectivity index (χ4n) is 4.05. The standard InChI is InChI=1S/C24H23N5O5/c1-4-33-18-9-5-15(6-10-18)22-25-19(14(2)34-22)13-28-21-20(26-27-28)23(30)29(24(21)31)16-7-11-17(32-3)12-8-16/h5-12,20-21H,4,13H2,1-3H3/t20-,21+/m1/s1. The zero-order valence-electron chi connectivity index (χ0n) is 19.0. The number of fused-ring (bicyclic) bond motifs is 1. The third-order valence-electron chi connectivity index (χ3n) is 5.81. The van der Waals surface area contributed by atoms with E-state index in [0.717, 1.165) is 16.2 Å². The average molecular weight is 461 g/mol. The highest BCUT2D eigenvalue weighted by Crippen LogP contribution is 2.34. The van der Waals surface area contributed by atoms with E-state index < -0.39 is 18.0 Å². The molecule has 0 N–H and O–H groups in total. The first-order valence-electron chi connectivity index (χ1n) is 10.9. The molecule has 0 bridgehead atoms. The molecular formula is C24H23N5O5. The lowest BCUT2D eigenvalue weighted by Crippen LogP contribution is -2.39. The Morgan fingerprint density at radius 2 is 1.71 bits per heavy atom. The number of ether oxygens (including phenoxy) is 2. The smallest absolute Gasteiger partial charge is 0.263 e. The first-order chi connectivity index (χ1) is 16.5. The topological polar surface area (TPSA) is 110 Å². The number of carbonyl (C=O) groups is 2. The Bertz CT molecular complexity index is 1250. The fraction of sp³-hybridized carbons (Fsp3) is 0.292. The number of hydrogen-bond acceptors (Lipinski definition) is 9. The van der Waals surface area contributed by atoms with E-state index in [1.807, 2.05) is 31.2 Å². The van der Waals surface area contributed by atoms with Crippen molar-refractivity contribution in [1.82, 2.24) is 9.99 Å². The van der Waals surface area contributed by atoms with Crippen LogP contribution < -0.4 is 14.4 Å². The molecule has 2 atom stereocenters. The quantitative estimate of drug-likeness (QED) is 0.495. The third kappa shape index (κ3) is 3.66. The minimum atomic E-state index is -0.882. The van der Waals surface area contributed by atoms with Crippen molar-refractivity contribution in [2.45, 2.75) is 32.5 Å². The summed E-state index contributed by atoms with van der Waals surface area (Å²) in [7, 11) is 1.55. The van der Waals surface area contributed by atoms with Crippen molar-refractivity contribution in [3.8, 4) is 23.0 Å². The number of oxazole rings is 1. The van der Waals surface area contributed by atoms with Gasteiger partial charge in [0.1, 0.15) is 23.0 Å². The van der Waals surface area contributed by atoms with Gasteiger partial charge in [-0.1, -0.05) is 5.22 Å². The number of imide groups is 1. The van der Waals surface area contributed by atoms with Gasteiger partial charge in [0.15, 0.2) is 12.1 Å². The summed E-state index contributed by atoms with van der Waals surface area (Å²) in [6.07, 6.45) is 0. The Balaban J connectivity index is 1.34. The summed E-state index contributed by atoms with van der Waals surface area (Å²) in [6.45, 7) is 4.50. The summed E-state index contributed by atoms with van der Waals surface area (Å²) in [5.74, 6) is 1.68. The highest BCUT2D eigenvalue weighted by Gasteiger charge is 2.54. The predicted molar refractivity (Wildman–Crippen MR) is 121 cm³/mol. The van der Waals surface area contributed by atoms with Crippen LogP contribution in [0.15, 0.2) is 63.3 Å². The van der Waals surface area contributed by atoms with E-state index in [4.69, 9.17) is 13.9 Å². The molecule has 1 aromatic heterocycles. The van der Waals surface area contributed by atoms with Crippen molar-refractivity contribution < 1.29 is 23.5 Å². The van der Waals surface area contributed by atoms with Gasteiger partial charge in [0, 0.05) is 5.56 Å². The van der Waals surface area contributed by atoms with Crippen molar-refractivity contribution in [2.24, 2.45) is 10.3 Å². The van der Waals surface area contributed by atoms with Gasteiger partial charge in [0.2, 0.25) is 5.89 Å². The lowest BCUT2D eigenvalue weighted by atomic mass is 10.1. The predicted octanol–water partition coefficient (Wildman–Crippen LogP) is 3.55. The monoisotopic (exact) mass is 461 g/mol. The molecule has 5 rings (SSSR count). The Labute approximate surface area is 195 Å². The Morgan fingerprint density at radius 3 is 2.38 bits per heavy atom. The van der Waals surface area contributed by atoms with Gasteiger partial charge in [-0.2, -0.15) is 5.11 Å². The molecule has 0 saturated carbocycles. The van der Waals surface area contributed by atoms with E-state index in [1.165, 1.54) is 5.01 Å². The van der Waals surface area contributed by atoms with Crippen molar-refractivity contribution >= 4 is 17.5 Å². The molecule has 3 aromatic rings. The molecule has 174 valence electrons. The van der Waals surface area contributed by atoms with Gasteiger partial charge in [-0.15, -0.1) is 0 Å². The molecule has 2 aliphatic heterocycles. The number of anilines is 1. The number of rotatable bonds is 7. The second-order valence-electron chi connectivity index (χ2n) is 7.88. The summed E-state index contributed by atoms with van der Waals surface area (Å²) < 4.78 is 16.5. The number of carbonyl (C=O) groups excluding carboxylic acids is 2. The Hall–Kier alpha value is -4.21. The second kappa shape index (κ2) is 8.62. The molecule has 0 unspecified atom stereocenters. The van der Waals surface area contributed by atoms with Gasteiger partial charge in [0.25, 0.3) is 11.8 Å². The van der Waals surface area contributed by atoms with Crippen LogP contribution in [0.1, 0.15) is 18.4 Å². The highest BCUT2D eigenvalue weighted by molar-refractivity contribution is 6.25. The minimum Gasteiger partial charge on any atom is -0.497 e. The van der Waals surface area contributed by atoms with Crippen molar-refractivity contribution in [3.63, 3.8) is 0 Å². The molecular weight excluding hydrogens is 438 g/mol. The zero-order valence-corrected chi connectivity index (χ0v) is 19.0. The molecule has 2 aliphatic rings. The Morgan fingerprint density at radius 1 is 1.00 bits per heavy atom. The van der Waals surface area contributed by atoms with E-state index in [-0.39, 0.29) is 12.5 Å². The molecule has 10 nitrogen and oxygen atoms in total. The molecule has 2 aromatic carbocycles. The van der Waals surface area contributed by atoms with Crippen LogP contribution >= 0.6 is 0 Å². The van der Waals surface area contributed by atoms with Gasteiger partial charge in [-0.05, 0) is 62.4 Å². The van der Waals surface area contributed by atoms with Gasteiger partial charge in [0.05, 0.1) is 25.9 Å². The summed E-state index contributed by atoms with van der Waals surface area (Å²) in [4.78, 5) is 31.9. The summed E-state index contributed by atoms with van der Waals surface area (Å²) >= 11 is 0. The van der Waals surface area contributed by atoms with Crippen LogP contribution in [-0.2, 0) is 16.1 Å². The molecule has 0 radical (unpaired) electrons. The number of amides is 2. The fourth-order valence-corrected chi connectivity index (χ4v) is 4.05. The third-order valence-corrected chi connectivity index (χ3v) is 5.81. The lowest BCUT2D eigenvalue weighted by Gasteiger charge is -2.20. The van der Waals surface area contributed by atoms with Crippen molar-refractivity contribution in [1.29, 1.82) is 0 Å². The molecule has 2 amide bonds. The lowest BCUT2D eigenvalue weighted by molar-refractivity contribution is -0.123. The van der Waals surface area contributed by atoms with Gasteiger partial charge in [-0.25, -0.2) is 9.88 Å². The molecule has 10 heteroatoms. The normalized spacial score (nSPS) is 19.1. The van der Waals surface area contributed by atoms with Crippen LogP contribution in [0.5, 0.6) is 11.5 Å². The summed E-state index contributed by atoms with van der Waals surface area (Å²) in [5, 5.41) is 9.68.